The zero-order chi connectivity index (χ0) is 28.2. The van der Waals surface area contributed by atoms with Crippen LogP contribution in [-0.4, -0.2) is 47.3 Å². The Kier molecular flexibility index (Phi) is 7.34. The van der Waals surface area contributed by atoms with E-state index in [2.05, 4.69) is 10.6 Å². The molecule has 5 atom stereocenters. The van der Waals surface area contributed by atoms with E-state index in [9.17, 15) is 41.6 Å². The molecule has 2 aliphatic rings. The molecule has 1 heterocycles. The summed E-state index contributed by atoms with van der Waals surface area (Å²) in [7, 11) is 0. The molecule has 3 rings (SSSR count). The van der Waals surface area contributed by atoms with Crippen molar-refractivity contribution in [2.75, 3.05) is 6.54 Å². The van der Waals surface area contributed by atoms with Crippen molar-refractivity contribution in [1.82, 2.24) is 15.5 Å². The van der Waals surface area contributed by atoms with Crippen molar-refractivity contribution in [2.24, 2.45) is 22.7 Å². The SMILES string of the molecule is CC[C@@H](C#N)NC(=O)[C@@H]1[C@@H]2[C@H](CN1C(=O)[C@@H](NC(=O)c1c(F)c(F)c(F)c(F)c1F)C(C)(C)C)C2(C)C. The third-order valence-corrected chi connectivity index (χ3v) is 7.47. The maximum Gasteiger partial charge on any atom is 0.258 e. The minimum absolute atomic E-state index is 0.0409. The summed E-state index contributed by atoms with van der Waals surface area (Å²) in [4.78, 5) is 40.9. The Morgan fingerprint density at radius 3 is 2.00 bits per heavy atom. The van der Waals surface area contributed by atoms with Gasteiger partial charge in [-0.3, -0.25) is 14.4 Å². The van der Waals surface area contributed by atoms with Crippen molar-refractivity contribution < 1.29 is 36.3 Å². The van der Waals surface area contributed by atoms with Gasteiger partial charge in [0.25, 0.3) is 5.91 Å². The summed E-state index contributed by atoms with van der Waals surface area (Å²) in [5.41, 5.74) is -3.06. The Bertz CT molecular complexity index is 1160. The highest BCUT2D eigenvalue weighted by Crippen LogP contribution is 2.65. The van der Waals surface area contributed by atoms with Gasteiger partial charge in [0, 0.05) is 6.54 Å². The number of likely N-dealkylation sites (tertiary alicyclic amines) is 1. The number of hydrogen-bond acceptors (Lipinski definition) is 4. The second-order valence-corrected chi connectivity index (χ2v) is 11.2. The second kappa shape index (κ2) is 9.58. The predicted molar refractivity (Wildman–Crippen MR) is 121 cm³/mol. The van der Waals surface area contributed by atoms with Crippen LogP contribution in [0.4, 0.5) is 22.0 Å². The molecule has 0 aromatic heterocycles. The van der Waals surface area contributed by atoms with E-state index in [-0.39, 0.29) is 23.8 Å². The van der Waals surface area contributed by atoms with Gasteiger partial charge in [-0.05, 0) is 29.1 Å². The molecule has 1 aromatic carbocycles. The average molecular weight is 529 g/mol. The van der Waals surface area contributed by atoms with E-state index in [0.717, 1.165) is 0 Å². The molecule has 1 aliphatic heterocycles. The van der Waals surface area contributed by atoms with Gasteiger partial charge in [-0.15, -0.1) is 0 Å². The number of nitrogens with zero attached hydrogens (tertiary/aromatic N) is 2. The summed E-state index contributed by atoms with van der Waals surface area (Å²) in [6.07, 6.45) is 0.336. The van der Waals surface area contributed by atoms with Gasteiger partial charge < -0.3 is 15.5 Å². The Morgan fingerprint density at radius 1 is 1.03 bits per heavy atom. The van der Waals surface area contributed by atoms with Crippen LogP contribution in [0.5, 0.6) is 0 Å². The first-order valence-corrected chi connectivity index (χ1v) is 11.8. The highest BCUT2D eigenvalue weighted by Gasteiger charge is 2.69. The molecule has 0 radical (unpaired) electrons. The molecule has 0 bridgehead atoms. The highest BCUT2D eigenvalue weighted by molar-refractivity contribution is 5.99. The van der Waals surface area contributed by atoms with E-state index in [1.54, 1.807) is 6.92 Å². The summed E-state index contributed by atoms with van der Waals surface area (Å²) >= 11 is 0. The molecule has 37 heavy (non-hydrogen) atoms. The third-order valence-electron chi connectivity index (χ3n) is 7.47. The van der Waals surface area contributed by atoms with Gasteiger partial charge >= 0.3 is 0 Å². The average Bonchev–Trinajstić information content (AvgIpc) is 3.15. The fourth-order valence-corrected chi connectivity index (χ4v) is 5.12. The number of nitrogens with one attached hydrogen (secondary N) is 2. The van der Waals surface area contributed by atoms with Gasteiger partial charge in [-0.25, -0.2) is 22.0 Å². The number of rotatable bonds is 6. The van der Waals surface area contributed by atoms with Crippen LogP contribution in [0.3, 0.4) is 0 Å². The van der Waals surface area contributed by atoms with Crippen molar-refractivity contribution in [3.05, 3.63) is 34.6 Å². The van der Waals surface area contributed by atoms with E-state index >= 15 is 0 Å². The molecular formula is C25H29F5N4O3. The number of carbonyl (C=O) groups is 3. The highest BCUT2D eigenvalue weighted by atomic mass is 19.2. The van der Waals surface area contributed by atoms with Crippen LogP contribution >= 0.6 is 0 Å². The van der Waals surface area contributed by atoms with Gasteiger partial charge in [0.05, 0.1) is 6.07 Å². The van der Waals surface area contributed by atoms with E-state index in [4.69, 9.17) is 0 Å². The lowest BCUT2D eigenvalue weighted by atomic mass is 9.85. The van der Waals surface area contributed by atoms with Gasteiger partial charge in [0.15, 0.2) is 23.3 Å². The van der Waals surface area contributed by atoms with Crippen LogP contribution in [0, 0.1) is 63.1 Å². The maximum atomic E-state index is 14.2. The molecule has 3 amide bonds. The van der Waals surface area contributed by atoms with E-state index in [0.29, 0.717) is 6.42 Å². The first-order valence-electron chi connectivity index (χ1n) is 11.8. The second-order valence-electron chi connectivity index (χ2n) is 11.2. The zero-order valence-corrected chi connectivity index (χ0v) is 21.3. The van der Waals surface area contributed by atoms with Crippen LogP contribution in [0.1, 0.15) is 58.3 Å². The number of fused-ring (bicyclic) bond motifs is 1. The van der Waals surface area contributed by atoms with E-state index in [1.807, 2.05) is 19.9 Å². The van der Waals surface area contributed by atoms with Crippen LogP contribution in [0.2, 0.25) is 0 Å². The summed E-state index contributed by atoms with van der Waals surface area (Å²) in [6.45, 7) is 10.4. The monoisotopic (exact) mass is 528 g/mol. The third kappa shape index (κ3) is 4.76. The molecule has 1 saturated carbocycles. The fourth-order valence-electron chi connectivity index (χ4n) is 5.12. The minimum Gasteiger partial charge on any atom is -0.340 e. The van der Waals surface area contributed by atoms with Crippen molar-refractivity contribution in [1.29, 1.82) is 5.26 Å². The van der Waals surface area contributed by atoms with Gasteiger partial charge in [0.1, 0.15) is 23.7 Å². The predicted octanol–water partition coefficient (Wildman–Crippen LogP) is 3.43. The molecule has 0 unspecified atom stereocenters. The topological polar surface area (TPSA) is 102 Å². The largest absolute Gasteiger partial charge is 0.340 e. The van der Waals surface area contributed by atoms with E-state index < -0.39 is 75.9 Å². The lowest BCUT2D eigenvalue weighted by molar-refractivity contribution is -0.143. The number of nitriles is 1. The molecule has 2 fully saturated rings. The Labute approximate surface area is 211 Å². The van der Waals surface area contributed by atoms with Crippen LogP contribution in [0.25, 0.3) is 0 Å². The number of piperidine rings is 1. The van der Waals surface area contributed by atoms with Crippen molar-refractivity contribution in [2.45, 2.75) is 66.1 Å². The Hall–Kier alpha value is -3.23. The number of amides is 3. The normalized spacial score (nSPS) is 23.5. The standard InChI is InChI=1S/C25H29F5N4O3/c1-7-10(8-31)32-22(36)19-13-11(25(13,5)6)9-34(19)23(37)20(24(2,3)4)33-21(35)12-14(26)16(28)18(30)17(29)15(12)27/h10-11,13,19-20H,7,9H2,1-6H3,(H,32,36)(H,33,35)/t10-,11-,13-,19-,20+/m0/s1. The van der Waals surface area contributed by atoms with Gasteiger partial charge in [-0.2, -0.15) is 5.26 Å². The van der Waals surface area contributed by atoms with Crippen molar-refractivity contribution in [3.63, 3.8) is 0 Å². The summed E-state index contributed by atoms with van der Waals surface area (Å²) in [5.74, 6) is -14.9. The van der Waals surface area contributed by atoms with Crippen LogP contribution < -0.4 is 10.6 Å². The number of hydrogen-bond donors (Lipinski definition) is 2. The van der Waals surface area contributed by atoms with Crippen LogP contribution in [-0.2, 0) is 9.59 Å². The summed E-state index contributed by atoms with van der Waals surface area (Å²) in [5, 5.41) is 14.0. The first-order chi connectivity index (χ1) is 17.0. The molecule has 12 heteroatoms. The number of carbonyl (C=O) groups excluding carboxylic acids is 3. The zero-order valence-electron chi connectivity index (χ0n) is 21.3. The molecule has 1 aromatic rings. The lowest BCUT2D eigenvalue weighted by Crippen LogP contribution is -2.59. The number of benzene rings is 1. The fraction of sp³-hybridized carbons (Fsp3) is 0.600. The Morgan fingerprint density at radius 2 is 1.54 bits per heavy atom. The lowest BCUT2D eigenvalue weighted by Gasteiger charge is -2.37. The Balaban J connectivity index is 1.95. The molecular weight excluding hydrogens is 499 g/mol. The maximum absolute atomic E-state index is 14.2. The summed E-state index contributed by atoms with van der Waals surface area (Å²) < 4.78 is 69.3. The van der Waals surface area contributed by atoms with Crippen LogP contribution in [0.15, 0.2) is 0 Å². The number of halogens is 5. The first kappa shape index (κ1) is 28.3. The molecule has 2 N–H and O–H groups in total. The molecule has 1 saturated heterocycles. The molecule has 1 aliphatic carbocycles. The van der Waals surface area contributed by atoms with E-state index in [1.165, 1.54) is 25.7 Å². The molecule has 202 valence electrons. The summed E-state index contributed by atoms with van der Waals surface area (Å²) in [6, 6.07) is -1.27. The molecule has 0 spiro atoms. The quantitative estimate of drug-likeness (QED) is 0.336. The van der Waals surface area contributed by atoms with Gasteiger partial charge in [-0.1, -0.05) is 41.5 Å². The van der Waals surface area contributed by atoms with Gasteiger partial charge in [0.2, 0.25) is 17.6 Å². The smallest absolute Gasteiger partial charge is 0.258 e. The minimum atomic E-state index is -2.41. The van der Waals surface area contributed by atoms with Crippen molar-refractivity contribution >= 4 is 17.7 Å². The molecule has 7 nitrogen and oxygen atoms in total. The van der Waals surface area contributed by atoms with Crippen molar-refractivity contribution in [3.8, 4) is 6.07 Å².